The van der Waals surface area contributed by atoms with E-state index in [0.717, 1.165) is 0 Å². The number of hydrogen-bond acceptors (Lipinski definition) is 7. The molecule has 1 amide bonds. The largest absolute Gasteiger partial charge is 0.447 e. The van der Waals surface area contributed by atoms with Crippen molar-refractivity contribution in [2.75, 3.05) is 6.61 Å². The zero-order chi connectivity index (χ0) is 24.6. The first-order chi connectivity index (χ1) is 16.2. The Morgan fingerprint density at radius 3 is 2.41 bits per heavy atom. The average Bonchev–Trinajstić information content (AvgIpc) is 3.46. The number of hydrogen-bond donors (Lipinski definition) is 1. The Hall–Kier alpha value is -3.81. The summed E-state index contributed by atoms with van der Waals surface area (Å²) in [5, 5.41) is 0.197. The van der Waals surface area contributed by atoms with Crippen LogP contribution in [0.15, 0.2) is 24.8 Å². The fourth-order valence-corrected chi connectivity index (χ4v) is 3.46. The maximum absolute atomic E-state index is 13.6. The Balaban J connectivity index is 1.30. The van der Waals surface area contributed by atoms with Crippen LogP contribution in [-0.2, 0) is 9.57 Å². The van der Waals surface area contributed by atoms with E-state index in [1.165, 1.54) is 18.1 Å². The molecule has 0 saturated carbocycles. The highest BCUT2D eigenvalue weighted by Gasteiger charge is 2.31. The number of ether oxygens (including phenoxy) is 1. The lowest BCUT2D eigenvalue weighted by Crippen LogP contribution is -2.30. The number of hydroxylamine groups is 1. The molecule has 1 N–H and O–H groups in total. The molecule has 1 aliphatic carbocycles. The molecule has 1 aliphatic rings. The molecule has 2 aromatic heterocycles. The van der Waals surface area contributed by atoms with E-state index in [4.69, 9.17) is 16.3 Å². The molecular formula is C19H11ClF5N5O4. The van der Waals surface area contributed by atoms with Crippen LogP contribution < -0.4 is 5.48 Å². The Morgan fingerprint density at radius 1 is 1.03 bits per heavy atom. The lowest BCUT2D eigenvalue weighted by atomic mass is 10.1. The van der Waals surface area contributed by atoms with Gasteiger partial charge < -0.3 is 14.1 Å². The maximum Gasteiger partial charge on any atom is 0.440 e. The Bertz CT molecular complexity index is 1310. The van der Waals surface area contributed by atoms with Gasteiger partial charge in [-0.15, -0.1) is 5.48 Å². The summed E-state index contributed by atoms with van der Waals surface area (Å²) in [6, 6.07) is -0.181. The summed E-state index contributed by atoms with van der Waals surface area (Å²) >= 11 is 5.98. The fraction of sp³-hybridized carbons (Fsp3) is 0.211. The second-order valence-electron chi connectivity index (χ2n) is 6.97. The minimum absolute atomic E-state index is 0.179. The van der Waals surface area contributed by atoms with Gasteiger partial charge in [0.2, 0.25) is 5.82 Å². The minimum atomic E-state index is -2.44. The summed E-state index contributed by atoms with van der Waals surface area (Å²) in [6.45, 7) is -0.179. The molecule has 0 saturated heterocycles. The topological polar surface area (TPSA) is 108 Å². The van der Waals surface area contributed by atoms with Crippen molar-refractivity contribution in [1.82, 2.24) is 25.0 Å². The fourth-order valence-electron chi connectivity index (χ4n) is 3.28. The van der Waals surface area contributed by atoms with Gasteiger partial charge >= 0.3 is 12.1 Å². The van der Waals surface area contributed by atoms with Crippen molar-refractivity contribution in [1.29, 1.82) is 0 Å². The van der Waals surface area contributed by atoms with Crippen LogP contribution in [0, 0.1) is 35.0 Å². The van der Waals surface area contributed by atoms with E-state index in [2.05, 4.69) is 19.8 Å². The van der Waals surface area contributed by atoms with Gasteiger partial charge in [0.15, 0.2) is 34.1 Å². The molecule has 0 unspecified atom stereocenters. The van der Waals surface area contributed by atoms with Crippen molar-refractivity contribution < 1.29 is 41.1 Å². The number of aromatic nitrogens is 4. The van der Waals surface area contributed by atoms with Crippen LogP contribution in [0.1, 0.15) is 22.8 Å². The molecule has 2 heterocycles. The molecule has 0 bridgehead atoms. The summed E-state index contributed by atoms with van der Waals surface area (Å²) in [5.41, 5.74) is 0.494. The smallest absolute Gasteiger partial charge is 0.440 e. The molecule has 0 fully saturated rings. The third kappa shape index (κ3) is 4.23. The van der Waals surface area contributed by atoms with Crippen molar-refractivity contribution in [2.24, 2.45) is 5.92 Å². The van der Waals surface area contributed by atoms with Gasteiger partial charge in [0.05, 0.1) is 19.0 Å². The van der Waals surface area contributed by atoms with E-state index in [1.54, 1.807) is 10.6 Å². The SMILES string of the molecule is O=C(NOC(=O)c1c(F)c(F)c(F)c(F)c1F)OC[C@H]1C=C[C@H](n2cnc3c(Cl)ncnc32)C1. The second kappa shape index (κ2) is 9.21. The molecule has 0 radical (unpaired) electrons. The zero-order valence-electron chi connectivity index (χ0n) is 16.6. The van der Waals surface area contributed by atoms with Crippen molar-refractivity contribution in [2.45, 2.75) is 12.5 Å². The van der Waals surface area contributed by atoms with Gasteiger partial charge in [-0.3, -0.25) is 0 Å². The predicted molar refractivity (Wildman–Crippen MR) is 103 cm³/mol. The normalized spacial score (nSPS) is 17.2. The summed E-state index contributed by atoms with van der Waals surface area (Å²) in [7, 11) is 0. The van der Waals surface area contributed by atoms with E-state index in [1.807, 2.05) is 6.08 Å². The first kappa shape index (κ1) is 23.4. The van der Waals surface area contributed by atoms with Crippen molar-refractivity contribution in [3.8, 4) is 0 Å². The third-order valence-electron chi connectivity index (χ3n) is 4.89. The van der Waals surface area contributed by atoms with Crippen molar-refractivity contribution in [3.05, 3.63) is 64.6 Å². The van der Waals surface area contributed by atoms with Gasteiger partial charge in [0.25, 0.3) is 0 Å². The molecule has 2 atom stereocenters. The zero-order valence-corrected chi connectivity index (χ0v) is 17.3. The lowest BCUT2D eigenvalue weighted by molar-refractivity contribution is 0.0182. The van der Waals surface area contributed by atoms with Gasteiger partial charge in [0, 0.05) is 5.92 Å². The number of nitrogens with zero attached hydrogens (tertiary/aromatic N) is 4. The Kier molecular flexibility index (Phi) is 6.32. The van der Waals surface area contributed by atoms with Gasteiger partial charge in [-0.05, 0) is 6.42 Å². The number of carbonyl (C=O) groups excluding carboxylic acids is 2. The van der Waals surface area contributed by atoms with Gasteiger partial charge in [0.1, 0.15) is 17.4 Å². The molecule has 1 aromatic carbocycles. The van der Waals surface area contributed by atoms with Crippen molar-refractivity contribution in [3.63, 3.8) is 0 Å². The summed E-state index contributed by atoms with van der Waals surface area (Å²) in [6.07, 6.45) is 5.56. The molecule has 178 valence electrons. The van der Waals surface area contributed by atoms with Crippen LogP contribution in [0.25, 0.3) is 11.2 Å². The third-order valence-corrected chi connectivity index (χ3v) is 5.17. The highest BCUT2D eigenvalue weighted by Crippen LogP contribution is 2.31. The van der Waals surface area contributed by atoms with E-state index in [0.29, 0.717) is 17.6 Å². The summed E-state index contributed by atoms with van der Waals surface area (Å²) < 4.78 is 73.3. The molecule has 0 spiro atoms. The number of halogens is 6. The lowest BCUT2D eigenvalue weighted by Gasteiger charge is -2.14. The van der Waals surface area contributed by atoms with E-state index in [9.17, 15) is 31.5 Å². The van der Waals surface area contributed by atoms with E-state index >= 15 is 0 Å². The number of allylic oxidation sites excluding steroid dienone is 1. The monoisotopic (exact) mass is 503 g/mol. The van der Waals surface area contributed by atoms with E-state index in [-0.39, 0.29) is 23.7 Å². The number of nitrogens with one attached hydrogen (secondary N) is 1. The van der Waals surface area contributed by atoms with Crippen molar-refractivity contribution >= 4 is 34.8 Å². The molecule has 9 nitrogen and oxygen atoms in total. The number of imidazole rings is 1. The van der Waals surface area contributed by atoms with Gasteiger partial charge in [-0.2, -0.15) is 0 Å². The number of carbonyl (C=O) groups is 2. The standard InChI is InChI=1S/C19H11ClF5N5O4/c20-16-15-17(27-5-26-16)30(6-28-15)8-2-1-7(3-8)4-33-19(32)29-34-18(31)9-10(21)12(23)14(25)13(24)11(9)22/h1-2,5-8H,3-4H2,(H,29,32)/t7-,8-/m0/s1. The minimum Gasteiger partial charge on any atom is -0.447 e. The Morgan fingerprint density at radius 2 is 1.71 bits per heavy atom. The highest BCUT2D eigenvalue weighted by atomic mass is 35.5. The maximum atomic E-state index is 13.6. The van der Waals surface area contributed by atoms with Crippen LogP contribution in [0.2, 0.25) is 5.15 Å². The van der Waals surface area contributed by atoms with E-state index < -0.39 is 46.7 Å². The number of rotatable bonds is 4. The molecule has 3 aromatic rings. The number of fused-ring (bicyclic) bond motifs is 1. The van der Waals surface area contributed by atoms with Gasteiger partial charge in [-0.25, -0.2) is 46.5 Å². The van der Waals surface area contributed by atoms with Gasteiger partial charge in [-0.1, -0.05) is 23.8 Å². The summed E-state index contributed by atoms with van der Waals surface area (Å²) in [5.74, 6) is -14.2. The Labute approximate surface area is 191 Å². The van der Waals surface area contributed by atoms with Crippen LogP contribution in [0.4, 0.5) is 26.7 Å². The quantitative estimate of drug-likeness (QED) is 0.144. The van der Waals surface area contributed by atoms with Crippen LogP contribution >= 0.6 is 11.6 Å². The first-order valence-electron chi connectivity index (χ1n) is 9.35. The second-order valence-corrected chi connectivity index (χ2v) is 7.33. The molecule has 15 heteroatoms. The van der Waals surface area contributed by atoms with Crippen LogP contribution in [-0.4, -0.2) is 38.2 Å². The number of amides is 1. The summed E-state index contributed by atoms with van der Waals surface area (Å²) in [4.78, 5) is 39.7. The number of benzene rings is 1. The molecular weight excluding hydrogens is 493 g/mol. The molecule has 34 heavy (non-hydrogen) atoms. The highest BCUT2D eigenvalue weighted by molar-refractivity contribution is 6.33. The van der Waals surface area contributed by atoms with Crippen LogP contribution in [0.3, 0.4) is 0 Å². The molecule has 0 aliphatic heterocycles. The first-order valence-corrected chi connectivity index (χ1v) is 9.73. The predicted octanol–water partition coefficient (Wildman–Crippen LogP) is 3.79. The van der Waals surface area contributed by atoms with Crippen LogP contribution in [0.5, 0.6) is 0 Å². The molecule has 4 rings (SSSR count). The average molecular weight is 504 g/mol.